The third-order valence-corrected chi connectivity index (χ3v) is 4.85. The van der Waals surface area contributed by atoms with Crippen LogP contribution in [0.2, 0.25) is 5.02 Å². The number of aryl methyl sites for hydroxylation is 1. The van der Waals surface area contributed by atoms with Gasteiger partial charge in [0.2, 0.25) is 0 Å². The van der Waals surface area contributed by atoms with Crippen LogP contribution in [0.25, 0.3) is 0 Å². The van der Waals surface area contributed by atoms with E-state index in [1.54, 1.807) is 6.07 Å². The molecule has 16 heavy (non-hydrogen) atoms. The Morgan fingerprint density at radius 1 is 1.31 bits per heavy atom. The van der Waals surface area contributed by atoms with Gasteiger partial charge in [-0.05, 0) is 34.5 Å². The molecule has 0 radical (unpaired) electrons. The molecule has 0 saturated heterocycles. The third-order valence-electron chi connectivity index (χ3n) is 2.33. The highest BCUT2D eigenvalue weighted by Gasteiger charge is 2.14. The van der Waals surface area contributed by atoms with E-state index in [4.69, 9.17) is 11.6 Å². The van der Waals surface area contributed by atoms with Crippen LogP contribution < -0.4 is 0 Å². The van der Waals surface area contributed by atoms with Crippen LogP contribution in [0.15, 0.2) is 34.1 Å². The summed E-state index contributed by atoms with van der Waals surface area (Å²) in [6, 6.07) is 9.63. The minimum absolute atomic E-state index is 0.602. The minimum Gasteiger partial charge on any atom is -0.383 e. The Morgan fingerprint density at radius 3 is 2.44 bits per heavy atom. The second-order valence-corrected chi connectivity index (χ2v) is 6.39. The first-order chi connectivity index (χ1) is 7.58. The number of thiophene rings is 1. The molecular weight excluding hydrogens is 308 g/mol. The minimum atomic E-state index is -0.602. The molecule has 2 aromatic rings. The molecule has 0 amide bonds. The van der Waals surface area contributed by atoms with Gasteiger partial charge < -0.3 is 5.11 Å². The first kappa shape index (κ1) is 12.1. The quantitative estimate of drug-likeness (QED) is 0.861. The molecule has 1 atom stereocenters. The second kappa shape index (κ2) is 4.88. The van der Waals surface area contributed by atoms with Crippen molar-refractivity contribution >= 4 is 38.9 Å². The summed E-state index contributed by atoms with van der Waals surface area (Å²) < 4.78 is 0.857. The lowest BCUT2D eigenvalue weighted by molar-refractivity contribution is 0.224. The summed E-state index contributed by atoms with van der Waals surface area (Å²) in [6.45, 7) is 2.02. The van der Waals surface area contributed by atoms with Crippen molar-refractivity contribution in [2.45, 2.75) is 13.0 Å². The summed E-state index contributed by atoms with van der Waals surface area (Å²) in [5.74, 6) is 0. The van der Waals surface area contributed by atoms with Gasteiger partial charge >= 0.3 is 0 Å². The summed E-state index contributed by atoms with van der Waals surface area (Å²) >= 11 is 10.7. The first-order valence-corrected chi connectivity index (χ1v) is 6.76. The fraction of sp³-hybridized carbons (Fsp3) is 0.167. The molecular formula is C12H10BrClOS. The van der Waals surface area contributed by atoms with E-state index < -0.39 is 6.10 Å². The van der Waals surface area contributed by atoms with Crippen LogP contribution in [0, 0.1) is 6.92 Å². The van der Waals surface area contributed by atoms with Crippen LogP contribution in [0.1, 0.15) is 22.1 Å². The van der Waals surface area contributed by atoms with Crippen molar-refractivity contribution in [3.63, 3.8) is 0 Å². The maximum Gasteiger partial charge on any atom is 0.113 e. The van der Waals surface area contributed by atoms with Gasteiger partial charge in [-0.25, -0.2) is 0 Å². The molecule has 0 bridgehead atoms. The summed E-state index contributed by atoms with van der Waals surface area (Å²) in [5.41, 5.74) is 2.07. The van der Waals surface area contributed by atoms with Gasteiger partial charge in [0.05, 0.1) is 8.81 Å². The second-order valence-electron chi connectivity index (χ2n) is 3.58. The van der Waals surface area contributed by atoms with Gasteiger partial charge in [-0.3, -0.25) is 0 Å². The predicted molar refractivity (Wildman–Crippen MR) is 72.3 cm³/mol. The van der Waals surface area contributed by atoms with Crippen molar-refractivity contribution in [3.05, 3.63) is 55.1 Å². The fourth-order valence-corrected chi connectivity index (χ4v) is 3.17. The van der Waals surface area contributed by atoms with E-state index in [1.165, 1.54) is 16.9 Å². The lowest BCUT2D eigenvalue weighted by Gasteiger charge is -2.08. The molecule has 0 aliphatic carbocycles. The average molecular weight is 318 g/mol. The summed E-state index contributed by atoms with van der Waals surface area (Å²) in [6.07, 6.45) is -0.602. The molecule has 0 aliphatic rings. The van der Waals surface area contributed by atoms with Crippen molar-refractivity contribution in [2.75, 3.05) is 0 Å². The topological polar surface area (TPSA) is 20.2 Å². The van der Waals surface area contributed by atoms with Gasteiger partial charge in [-0.1, -0.05) is 41.4 Å². The van der Waals surface area contributed by atoms with E-state index in [0.717, 1.165) is 14.2 Å². The maximum absolute atomic E-state index is 10.2. The van der Waals surface area contributed by atoms with Crippen molar-refractivity contribution in [3.8, 4) is 0 Å². The van der Waals surface area contributed by atoms with Crippen molar-refractivity contribution in [1.29, 1.82) is 0 Å². The van der Waals surface area contributed by atoms with E-state index in [1.807, 2.05) is 31.2 Å². The molecule has 1 N–H and O–H groups in total. The van der Waals surface area contributed by atoms with Gasteiger partial charge in [0, 0.05) is 4.88 Å². The van der Waals surface area contributed by atoms with Crippen LogP contribution in [0.4, 0.5) is 0 Å². The SMILES string of the molecule is Cc1ccc(C(O)c2cc(Cl)c(Br)s2)cc1. The van der Waals surface area contributed by atoms with Crippen LogP contribution in [0.5, 0.6) is 0 Å². The molecule has 1 nitrogen and oxygen atoms in total. The van der Waals surface area contributed by atoms with Gasteiger partial charge in [-0.15, -0.1) is 11.3 Å². The summed E-state index contributed by atoms with van der Waals surface area (Å²) in [4.78, 5) is 0.848. The van der Waals surface area contributed by atoms with E-state index >= 15 is 0 Å². The van der Waals surface area contributed by atoms with Crippen molar-refractivity contribution in [2.24, 2.45) is 0 Å². The van der Waals surface area contributed by atoms with E-state index in [0.29, 0.717) is 5.02 Å². The molecule has 1 aromatic carbocycles. The first-order valence-electron chi connectivity index (χ1n) is 4.77. The number of hydrogen-bond donors (Lipinski definition) is 1. The number of halogens is 2. The molecule has 1 aromatic heterocycles. The molecule has 0 aliphatic heterocycles. The van der Waals surface area contributed by atoms with Crippen LogP contribution in [0.3, 0.4) is 0 Å². The zero-order valence-corrected chi connectivity index (χ0v) is 11.7. The number of aliphatic hydroxyl groups is 1. The van der Waals surface area contributed by atoms with Crippen molar-refractivity contribution < 1.29 is 5.11 Å². The van der Waals surface area contributed by atoms with Gasteiger partial charge in [-0.2, -0.15) is 0 Å². The highest BCUT2D eigenvalue weighted by Crippen LogP contribution is 2.37. The fourth-order valence-electron chi connectivity index (χ4n) is 1.41. The Kier molecular flexibility index (Phi) is 3.70. The molecule has 0 saturated carbocycles. The van der Waals surface area contributed by atoms with Gasteiger partial charge in [0.1, 0.15) is 6.10 Å². The molecule has 1 unspecified atom stereocenters. The molecule has 2 rings (SSSR count). The third kappa shape index (κ3) is 2.48. The molecule has 0 fully saturated rings. The molecule has 0 spiro atoms. The maximum atomic E-state index is 10.2. The molecule has 1 heterocycles. The highest BCUT2D eigenvalue weighted by molar-refractivity contribution is 9.11. The van der Waals surface area contributed by atoms with Crippen molar-refractivity contribution in [1.82, 2.24) is 0 Å². The van der Waals surface area contributed by atoms with Crippen LogP contribution in [-0.2, 0) is 0 Å². The van der Waals surface area contributed by atoms with E-state index in [9.17, 15) is 5.11 Å². The van der Waals surface area contributed by atoms with E-state index in [-0.39, 0.29) is 0 Å². The largest absolute Gasteiger partial charge is 0.383 e. The van der Waals surface area contributed by atoms with Gasteiger partial charge in [0.25, 0.3) is 0 Å². The predicted octanol–water partition coefficient (Wildman–Crippen LogP) is 4.55. The lowest BCUT2D eigenvalue weighted by atomic mass is 10.1. The number of hydrogen-bond acceptors (Lipinski definition) is 2. The standard InChI is InChI=1S/C12H10BrClOS/c1-7-2-4-8(5-3-7)11(15)10-6-9(14)12(13)16-10/h2-6,11,15H,1H3. The molecule has 4 heteroatoms. The van der Waals surface area contributed by atoms with Crippen LogP contribution >= 0.6 is 38.9 Å². The normalized spacial score (nSPS) is 12.8. The van der Waals surface area contributed by atoms with E-state index in [2.05, 4.69) is 15.9 Å². The Labute approximate surface area is 112 Å². The van der Waals surface area contributed by atoms with Crippen LogP contribution in [-0.4, -0.2) is 5.11 Å². The summed E-state index contributed by atoms with van der Waals surface area (Å²) in [5, 5.41) is 10.8. The smallest absolute Gasteiger partial charge is 0.113 e. The Hall–Kier alpha value is -0.350. The molecule has 84 valence electrons. The highest BCUT2D eigenvalue weighted by atomic mass is 79.9. The number of rotatable bonds is 2. The Morgan fingerprint density at radius 2 is 1.94 bits per heavy atom. The number of benzene rings is 1. The Bertz CT molecular complexity index is 473. The monoisotopic (exact) mass is 316 g/mol. The average Bonchev–Trinajstić information content (AvgIpc) is 2.59. The lowest BCUT2D eigenvalue weighted by Crippen LogP contribution is -1.96. The summed E-state index contributed by atoms with van der Waals surface area (Å²) in [7, 11) is 0. The zero-order valence-electron chi connectivity index (χ0n) is 8.58. The Balaban J connectivity index is 2.31. The van der Waals surface area contributed by atoms with Gasteiger partial charge in [0.15, 0.2) is 0 Å². The number of aliphatic hydroxyl groups excluding tert-OH is 1. The zero-order chi connectivity index (χ0) is 11.7.